The van der Waals surface area contributed by atoms with E-state index in [0.29, 0.717) is 18.3 Å². The average molecular weight is 313 g/mol. The second-order valence-electron chi connectivity index (χ2n) is 5.38. The maximum absolute atomic E-state index is 6.00. The van der Waals surface area contributed by atoms with Gasteiger partial charge in [-0.1, -0.05) is 42.5 Å². The smallest absolute Gasteiger partial charge is 0.225 e. The molecule has 0 aliphatic carbocycles. The third kappa shape index (κ3) is 2.94. The van der Waals surface area contributed by atoms with Gasteiger partial charge in [0.05, 0.1) is 10.9 Å². The average Bonchev–Trinajstić information content (AvgIpc) is 2.67. The van der Waals surface area contributed by atoms with Gasteiger partial charge in [-0.2, -0.15) is 4.98 Å². The summed E-state index contributed by atoms with van der Waals surface area (Å²) in [4.78, 5) is 13.3. The van der Waals surface area contributed by atoms with Crippen molar-refractivity contribution in [1.29, 1.82) is 0 Å². The summed E-state index contributed by atoms with van der Waals surface area (Å²) < 4.78 is 6.00. The zero-order valence-electron chi connectivity index (χ0n) is 13.0. The zero-order chi connectivity index (χ0) is 16.2. The predicted molar refractivity (Wildman–Crippen MR) is 93.5 cm³/mol. The van der Waals surface area contributed by atoms with Crippen molar-refractivity contribution < 1.29 is 4.74 Å². The molecule has 0 radical (unpaired) electrons. The Bertz CT molecular complexity index is 956. The number of aromatic nitrogens is 3. The van der Waals surface area contributed by atoms with Gasteiger partial charge >= 0.3 is 0 Å². The van der Waals surface area contributed by atoms with Crippen LogP contribution in [0.1, 0.15) is 5.56 Å². The molecule has 0 aliphatic rings. The summed E-state index contributed by atoms with van der Waals surface area (Å²) in [6.45, 7) is 0.470. The van der Waals surface area contributed by atoms with E-state index in [0.717, 1.165) is 22.0 Å². The van der Waals surface area contributed by atoms with E-state index in [-0.39, 0.29) is 0 Å². The quantitative estimate of drug-likeness (QED) is 0.564. The third-order valence-corrected chi connectivity index (χ3v) is 3.73. The van der Waals surface area contributed by atoms with Crippen molar-refractivity contribution in [3.05, 3.63) is 84.7 Å². The number of nitrogens with zero attached hydrogens (tertiary/aromatic N) is 3. The Hall–Kier alpha value is -3.27. The Labute approximate surface area is 139 Å². The third-order valence-electron chi connectivity index (χ3n) is 3.73. The molecule has 0 aliphatic heterocycles. The van der Waals surface area contributed by atoms with Crippen LogP contribution in [0.5, 0.6) is 5.88 Å². The minimum atomic E-state index is 0.470. The molecule has 0 unspecified atom stereocenters. The zero-order valence-corrected chi connectivity index (χ0v) is 13.0. The van der Waals surface area contributed by atoms with E-state index >= 15 is 0 Å². The first-order valence-electron chi connectivity index (χ1n) is 7.74. The van der Waals surface area contributed by atoms with Crippen LogP contribution < -0.4 is 4.74 Å². The molecule has 0 spiro atoms. The highest BCUT2D eigenvalue weighted by atomic mass is 16.5. The van der Waals surface area contributed by atoms with Crippen LogP contribution in [-0.4, -0.2) is 15.0 Å². The van der Waals surface area contributed by atoms with Gasteiger partial charge in [-0.25, -0.2) is 4.98 Å². The first-order chi connectivity index (χ1) is 11.9. The van der Waals surface area contributed by atoms with Crippen LogP contribution in [0.25, 0.3) is 22.3 Å². The van der Waals surface area contributed by atoms with Crippen LogP contribution in [0.15, 0.2) is 79.1 Å². The molecule has 0 atom stereocenters. The maximum Gasteiger partial charge on any atom is 0.225 e. The molecule has 4 nitrogen and oxygen atoms in total. The maximum atomic E-state index is 6.00. The van der Waals surface area contributed by atoms with Crippen molar-refractivity contribution in [2.75, 3.05) is 0 Å². The summed E-state index contributed by atoms with van der Waals surface area (Å²) in [5.74, 6) is 1.23. The molecule has 0 N–H and O–H groups in total. The van der Waals surface area contributed by atoms with Crippen LogP contribution in [0.4, 0.5) is 0 Å². The molecule has 116 valence electrons. The lowest BCUT2D eigenvalue weighted by Crippen LogP contribution is -2.00. The molecule has 0 saturated carbocycles. The van der Waals surface area contributed by atoms with E-state index in [9.17, 15) is 0 Å². The Morgan fingerprint density at radius 3 is 2.33 bits per heavy atom. The highest BCUT2D eigenvalue weighted by Gasteiger charge is 2.10. The lowest BCUT2D eigenvalue weighted by molar-refractivity contribution is 0.298. The number of hydrogen-bond donors (Lipinski definition) is 0. The van der Waals surface area contributed by atoms with Gasteiger partial charge < -0.3 is 4.74 Å². The van der Waals surface area contributed by atoms with Crippen molar-refractivity contribution in [3.8, 4) is 17.3 Å². The van der Waals surface area contributed by atoms with E-state index in [1.807, 2.05) is 66.7 Å². The molecule has 4 heteroatoms. The fraction of sp³-hybridized carbons (Fsp3) is 0.0500. The minimum absolute atomic E-state index is 0.470. The van der Waals surface area contributed by atoms with Crippen LogP contribution >= 0.6 is 0 Å². The molecule has 2 aromatic heterocycles. The predicted octanol–water partition coefficient (Wildman–Crippen LogP) is 4.27. The van der Waals surface area contributed by atoms with Gasteiger partial charge in [-0.15, -0.1) is 0 Å². The normalized spacial score (nSPS) is 10.7. The highest BCUT2D eigenvalue weighted by Crippen LogP contribution is 2.26. The van der Waals surface area contributed by atoms with Crippen molar-refractivity contribution in [2.24, 2.45) is 0 Å². The summed E-state index contributed by atoms with van der Waals surface area (Å²) in [6.07, 6.45) is 3.47. The van der Waals surface area contributed by atoms with Crippen LogP contribution in [0.2, 0.25) is 0 Å². The number of ether oxygens (including phenoxy) is 1. The molecule has 4 rings (SSSR count). The molecule has 0 fully saturated rings. The summed E-state index contributed by atoms with van der Waals surface area (Å²) in [7, 11) is 0. The number of rotatable bonds is 4. The van der Waals surface area contributed by atoms with E-state index < -0.39 is 0 Å². The molecule has 0 amide bonds. The Kier molecular flexibility index (Phi) is 3.86. The molecule has 0 saturated heterocycles. The van der Waals surface area contributed by atoms with E-state index in [2.05, 4.69) is 15.0 Å². The van der Waals surface area contributed by atoms with Gasteiger partial charge in [-0.05, 0) is 29.8 Å². The molecular formula is C20H15N3O. The second kappa shape index (κ2) is 6.46. The summed E-state index contributed by atoms with van der Waals surface area (Å²) in [6, 6.07) is 21.7. The second-order valence-corrected chi connectivity index (χ2v) is 5.38. The number of benzene rings is 2. The Morgan fingerprint density at radius 1 is 0.750 bits per heavy atom. The molecular weight excluding hydrogens is 298 g/mol. The number of fused-ring (bicyclic) bond motifs is 1. The lowest BCUT2D eigenvalue weighted by Gasteiger charge is -2.10. The Morgan fingerprint density at radius 2 is 1.50 bits per heavy atom. The van der Waals surface area contributed by atoms with Crippen LogP contribution in [0.3, 0.4) is 0 Å². The molecule has 2 heterocycles. The minimum Gasteiger partial charge on any atom is -0.472 e. The van der Waals surface area contributed by atoms with Crippen molar-refractivity contribution in [3.63, 3.8) is 0 Å². The number of pyridine rings is 1. The van der Waals surface area contributed by atoms with Crippen molar-refractivity contribution in [2.45, 2.75) is 6.61 Å². The summed E-state index contributed by atoms with van der Waals surface area (Å²) in [5.41, 5.74) is 2.88. The summed E-state index contributed by atoms with van der Waals surface area (Å²) in [5, 5.41) is 0.909. The van der Waals surface area contributed by atoms with E-state index in [1.165, 1.54) is 0 Å². The van der Waals surface area contributed by atoms with Crippen LogP contribution in [0, 0.1) is 0 Å². The van der Waals surface area contributed by atoms with E-state index in [4.69, 9.17) is 4.74 Å². The standard InChI is InChI=1S/C20H15N3O/c1-2-6-15(7-3-1)14-24-20-17-8-4-5-9-18(17)22-19(23-20)16-10-12-21-13-11-16/h1-13H,14H2. The highest BCUT2D eigenvalue weighted by molar-refractivity contribution is 5.85. The van der Waals surface area contributed by atoms with E-state index in [1.54, 1.807) is 12.4 Å². The topological polar surface area (TPSA) is 47.9 Å². The molecule has 2 aromatic carbocycles. The molecule has 0 bridgehead atoms. The van der Waals surface area contributed by atoms with Crippen molar-refractivity contribution in [1.82, 2.24) is 15.0 Å². The summed E-state index contributed by atoms with van der Waals surface area (Å²) >= 11 is 0. The largest absolute Gasteiger partial charge is 0.472 e. The number of para-hydroxylation sites is 1. The van der Waals surface area contributed by atoms with Crippen molar-refractivity contribution >= 4 is 10.9 Å². The van der Waals surface area contributed by atoms with Gasteiger partial charge in [0.2, 0.25) is 5.88 Å². The van der Waals surface area contributed by atoms with Crippen LogP contribution in [-0.2, 0) is 6.61 Å². The Balaban J connectivity index is 1.75. The molecule has 24 heavy (non-hydrogen) atoms. The van der Waals surface area contributed by atoms with Gasteiger partial charge in [0.15, 0.2) is 5.82 Å². The fourth-order valence-electron chi connectivity index (χ4n) is 2.51. The van der Waals surface area contributed by atoms with Gasteiger partial charge in [0, 0.05) is 18.0 Å². The first-order valence-corrected chi connectivity index (χ1v) is 7.74. The first kappa shape index (κ1) is 14.3. The van der Waals surface area contributed by atoms with Gasteiger partial charge in [-0.3, -0.25) is 4.98 Å². The fourth-order valence-corrected chi connectivity index (χ4v) is 2.51. The monoisotopic (exact) mass is 313 g/mol. The van der Waals surface area contributed by atoms with Gasteiger partial charge in [0.25, 0.3) is 0 Å². The number of hydrogen-bond acceptors (Lipinski definition) is 4. The molecule has 4 aromatic rings. The lowest BCUT2D eigenvalue weighted by atomic mass is 10.2. The SMILES string of the molecule is c1ccc(COc2nc(-c3ccncc3)nc3ccccc23)cc1. The van der Waals surface area contributed by atoms with Gasteiger partial charge in [0.1, 0.15) is 6.61 Å².